The van der Waals surface area contributed by atoms with Crippen LogP contribution in [-0.4, -0.2) is 31.6 Å². The maximum atomic E-state index is 13.1. The number of anilines is 2. The lowest BCUT2D eigenvalue weighted by atomic mass is 9.92. The van der Waals surface area contributed by atoms with E-state index in [1.165, 1.54) is 0 Å². The predicted octanol–water partition coefficient (Wildman–Crippen LogP) is 7.33. The Morgan fingerprint density at radius 3 is 2.05 bits per heavy atom. The molecule has 4 rings (SSSR count). The van der Waals surface area contributed by atoms with Gasteiger partial charge in [-0.05, 0) is 58.9 Å². The Bertz CT molecular complexity index is 1400. The minimum Gasteiger partial charge on any atom is -0.464 e. The van der Waals surface area contributed by atoms with E-state index in [0.29, 0.717) is 25.3 Å². The van der Waals surface area contributed by atoms with Crippen molar-refractivity contribution in [3.05, 3.63) is 120 Å². The molecule has 41 heavy (non-hydrogen) atoms. The third-order valence-electron chi connectivity index (χ3n) is 6.77. The van der Waals surface area contributed by atoms with E-state index in [4.69, 9.17) is 4.74 Å². The molecule has 0 bridgehead atoms. The molecule has 6 nitrogen and oxygen atoms in total. The summed E-state index contributed by atoms with van der Waals surface area (Å²) < 4.78 is 5.45. The quantitative estimate of drug-likeness (QED) is 0.152. The molecule has 3 N–H and O–H groups in total. The minimum atomic E-state index is -0.517. The summed E-state index contributed by atoms with van der Waals surface area (Å²) in [6, 6.07) is 34.4. The van der Waals surface area contributed by atoms with Gasteiger partial charge >= 0.3 is 5.97 Å². The van der Waals surface area contributed by atoms with E-state index in [1.54, 1.807) is 0 Å². The highest BCUT2D eigenvalue weighted by molar-refractivity contribution is 6.08. The second-order valence-electron chi connectivity index (χ2n) is 10.9. The number of nitrogens with one attached hydrogen (secondary N) is 3. The second kappa shape index (κ2) is 14.3. The highest BCUT2D eigenvalue weighted by Gasteiger charge is 2.26. The third-order valence-corrected chi connectivity index (χ3v) is 6.77. The molecule has 0 radical (unpaired) electrons. The highest BCUT2D eigenvalue weighted by Crippen LogP contribution is 2.25. The van der Waals surface area contributed by atoms with E-state index < -0.39 is 6.04 Å². The van der Waals surface area contributed by atoms with Crippen LogP contribution < -0.4 is 16.0 Å². The van der Waals surface area contributed by atoms with Crippen molar-refractivity contribution in [2.75, 3.05) is 30.3 Å². The molecule has 0 fully saturated rings. The lowest BCUT2D eigenvalue weighted by Crippen LogP contribution is -2.40. The molecular weight excluding hydrogens is 510 g/mol. The van der Waals surface area contributed by atoms with Crippen LogP contribution in [0.5, 0.6) is 0 Å². The summed E-state index contributed by atoms with van der Waals surface area (Å²) >= 11 is 0. The summed E-state index contributed by atoms with van der Waals surface area (Å²) in [5.74, 6) is -0.409. The van der Waals surface area contributed by atoms with Crippen molar-refractivity contribution >= 4 is 23.3 Å². The van der Waals surface area contributed by atoms with Gasteiger partial charge in [-0.15, -0.1) is 0 Å². The van der Waals surface area contributed by atoms with Crippen LogP contribution in [0.3, 0.4) is 0 Å². The average Bonchev–Trinajstić information content (AvgIpc) is 3.00. The minimum absolute atomic E-state index is 0.150. The zero-order valence-corrected chi connectivity index (χ0v) is 24.0. The summed E-state index contributed by atoms with van der Waals surface area (Å²) in [6.07, 6.45) is 0.784. The molecule has 0 saturated heterocycles. The Balaban J connectivity index is 1.33. The molecule has 1 atom stereocenters. The summed E-state index contributed by atoms with van der Waals surface area (Å²) in [5.41, 5.74) is 4.93. The number of carbonyl (C=O) groups excluding carboxylic acids is 2. The summed E-state index contributed by atoms with van der Waals surface area (Å²) in [4.78, 5) is 25.9. The largest absolute Gasteiger partial charge is 0.464 e. The number of amides is 1. The number of hydrogen-bond acceptors (Lipinski definition) is 5. The first-order chi connectivity index (χ1) is 19.9. The van der Waals surface area contributed by atoms with Crippen molar-refractivity contribution in [1.82, 2.24) is 5.32 Å². The van der Waals surface area contributed by atoms with E-state index in [2.05, 4.69) is 29.8 Å². The number of esters is 1. The van der Waals surface area contributed by atoms with E-state index in [1.807, 2.05) is 116 Å². The molecule has 0 heterocycles. The van der Waals surface area contributed by atoms with Gasteiger partial charge in [-0.2, -0.15) is 0 Å². The number of carbonyl (C=O) groups is 2. The van der Waals surface area contributed by atoms with Crippen LogP contribution in [-0.2, 0) is 9.53 Å². The van der Waals surface area contributed by atoms with Crippen LogP contribution in [0.25, 0.3) is 11.1 Å². The number of benzene rings is 4. The van der Waals surface area contributed by atoms with Gasteiger partial charge in [0.25, 0.3) is 5.91 Å². The van der Waals surface area contributed by atoms with Crippen LogP contribution in [0.4, 0.5) is 11.4 Å². The Morgan fingerprint density at radius 1 is 0.756 bits per heavy atom. The van der Waals surface area contributed by atoms with Gasteiger partial charge in [0.05, 0.1) is 6.61 Å². The molecule has 0 aromatic heterocycles. The first-order valence-electron chi connectivity index (χ1n) is 14.1. The zero-order chi connectivity index (χ0) is 29.1. The van der Waals surface area contributed by atoms with Crippen molar-refractivity contribution in [2.45, 2.75) is 33.2 Å². The fourth-order valence-corrected chi connectivity index (χ4v) is 4.47. The highest BCUT2D eigenvalue weighted by atomic mass is 16.5. The van der Waals surface area contributed by atoms with Crippen LogP contribution in [0.1, 0.15) is 49.2 Å². The fraction of sp³-hybridized carbons (Fsp3) is 0.257. The average molecular weight is 550 g/mol. The van der Waals surface area contributed by atoms with Crippen molar-refractivity contribution < 1.29 is 14.3 Å². The molecule has 0 spiro atoms. The van der Waals surface area contributed by atoms with Crippen molar-refractivity contribution in [1.29, 1.82) is 0 Å². The van der Waals surface area contributed by atoms with Crippen LogP contribution >= 0.6 is 0 Å². The molecule has 0 aliphatic rings. The van der Waals surface area contributed by atoms with Crippen LogP contribution in [0, 0.1) is 5.41 Å². The molecule has 0 aliphatic heterocycles. The van der Waals surface area contributed by atoms with Crippen molar-refractivity contribution in [2.24, 2.45) is 5.41 Å². The Labute approximate surface area is 243 Å². The predicted molar refractivity (Wildman–Crippen MR) is 167 cm³/mol. The van der Waals surface area contributed by atoms with Gasteiger partial charge in [0.15, 0.2) is 0 Å². The van der Waals surface area contributed by atoms with E-state index in [9.17, 15) is 9.59 Å². The molecule has 1 unspecified atom stereocenters. The fourth-order valence-electron chi connectivity index (χ4n) is 4.47. The molecule has 0 saturated carbocycles. The molecular formula is C35H39N3O3. The first-order valence-corrected chi connectivity index (χ1v) is 14.1. The van der Waals surface area contributed by atoms with Gasteiger partial charge in [0.1, 0.15) is 6.04 Å². The van der Waals surface area contributed by atoms with E-state index in [0.717, 1.165) is 34.5 Å². The second-order valence-corrected chi connectivity index (χ2v) is 10.9. The lowest BCUT2D eigenvalue weighted by Gasteiger charge is -2.28. The SMILES string of the molecule is CCCOC(=O)C(NCC(C)(C)CNc1ccc(NC(=O)c2ccccc2-c2ccccc2)cc1)c1ccccc1. The van der Waals surface area contributed by atoms with Gasteiger partial charge in [0, 0.05) is 30.0 Å². The third kappa shape index (κ3) is 8.53. The topological polar surface area (TPSA) is 79.5 Å². The van der Waals surface area contributed by atoms with Crippen molar-refractivity contribution in [3.63, 3.8) is 0 Å². The summed E-state index contributed by atoms with van der Waals surface area (Å²) in [5, 5.41) is 9.93. The Kier molecular flexibility index (Phi) is 10.3. The number of ether oxygens (including phenoxy) is 1. The Hall–Kier alpha value is -4.42. The van der Waals surface area contributed by atoms with Crippen molar-refractivity contribution in [3.8, 4) is 11.1 Å². The Morgan fingerprint density at radius 2 is 1.37 bits per heavy atom. The number of rotatable bonds is 13. The molecule has 212 valence electrons. The number of hydrogen-bond donors (Lipinski definition) is 3. The molecule has 4 aromatic carbocycles. The molecule has 0 aliphatic carbocycles. The van der Waals surface area contributed by atoms with Crippen LogP contribution in [0.15, 0.2) is 109 Å². The van der Waals surface area contributed by atoms with E-state index >= 15 is 0 Å². The van der Waals surface area contributed by atoms with Gasteiger partial charge in [-0.3, -0.25) is 4.79 Å². The zero-order valence-electron chi connectivity index (χ0n) is 24.0. The van der Waals surface area contributed by atoms with Crippen LogP contribution in [0.2, 0.25) is 0 Å². The van der Waals surface area contributed by atoms with Gasteiger partial charge in [-0.1, -0.05) is 99.6 Å². The molecule has 4 aromatic rings. The summed E-state index contributed by atoms with van der Waals surface area (Å²) in [7, 11) is 0. The summed E-state index contributed by atoms with van der Waals surface area (Å²) in [6.45, 7) is 7.97. The normalized spacial score (nSPS) is 11.9. The molecule has 6 heteroatoms. The molecule has 1 amide bonds. The van der Waals surface area contributed by atoms with Gasteiger partial charge in [-0.25, -0.2) is 4.79 Å². The smallest absolute Gasteiger partial charge is 0.327 e. The van der Waals surface area contributed by atoms with E-state index in [-0.39, 0.29) is 17.3 Å². The van der Waals surface area contributed by atoms with Gasteiger partial charge in [0.2, 0.25) is 0 Å². The monoisotopic (exact) mass is 549 g/mol. The maximum Gasteiger partial charge on any atom is 0.327 e. The standard InChI is InChI=1S/C35H39N3O3/c1-4-23-41-34(40)32(27-15-9-6-10-16-27)37-25-35(2,3)24-36-28-19-21-29(22-20-28)38-33(39)31-18-12-11-17-30(31)26-13-7-5-8-14-26/h5-22,32,36-37H,4,23-25H2,1-3H3,(H,38,39). The lowest BCUT2D eigenvalue weighted by molar-refractivity contribution is -0.146. The first kappa shape index (κ1) is 29.6. The van der Waals surface area contributed by atoms with Gasteiger partial charge < -0.3 is 20.7 Å². The maximum absolute atomic E-state index is 13.1.